The Hall–Kier alpha value is -4.03. The second-order valence-corrected chi connectivity index (χ2v) is 15.1. The number of benzene rings is 2. The Labute approximate surface area is 301 Å². The fourth-order valence-electron chi connectivity index (χ4n) is 8.60. The minimum atomic E-state index is -4.77. The summed E-state index contributed by atoms with van der Waals surface area (Å²) in [5.74, 6) is -2.30. The third kappa shape index (κ3) is 7.97. The molecule has 1 aromatic heterocycles. The van der Waals surface area contributed by atoms with Gasteiger partial charge in [-0.3, -0.25) is 19.3 Å². The zero-order valence-electron chi connectivity index (χ0n) is 30.1. The van der Waals surface area contributed by atoms with Gasteiger partial charge >= 0.3 is 12.1 Å². The summed E-state index contributed by atoms with van der Waals surface area (Å²) in [6.07, 6.45) is 0.394. The van der Waals surface area contributed by atoms with Gasteiger partial charge in [0, 0.05) is 30.9 Å². The zero-order chi connectivity index (χ0) is 37.5. The number of pyridine rings is 1. The molecule has 3 aliphatic rings. The lowest BCUT2D eigenvalue weighted by atomic mass is 9.87. The van der Waals surface area contributed by atoms with Crippen LogP contribution in [0.3, 0.4) is 0 Å². The van der Waals surface area contributed by atoms with Gasteiger partial charge in [0.05, 0.1) is 31.2 Å². The molecule has 6 rings (SSSR count). The van der Waals surface area contributed by atoms with Crippen LogP contribution in [0.1, 0.15) is 97.0 Å². The minimum Gasteiger partial charge on any atom is -0.481 e. The van der Waals surface area contributed by atoms with Crippen LogP contribution in [0, 0.1) is 25.6 Å². The number of ether oxygens (including phenoxy) is 1. The smallest absolute Gasteiger partial charge is 0.416 e. The SMILES string of the molecule is Cc1cc(F)cc(C)c1-c1cc([C@@H](CC(=O)O)NC(=O)[C@H](CC(C)C)n2cc(CCN3C4CC[C@H]3COC4)c(C(F)(F)F)cc2=O)cc2c1CCC2. The molecule has 280 valence electrons. The largest absolute Gasteiger partial charge is 0.481 e. The van der Waals surface area contributed by atoms with E-state index in [4.69, 9.17) is 4.74 Å². The summed E-state index contributed by atoms with van der Waals surface area (Å²) >= 11 is 0. The van der Waals surface area contributed by atoms with Gasteiger partial charge < -0.3 is 19.7 Å². The summed E-state index contributed by atoms with van der Waals surface area (Å²) in [6.45, 7) is 8.77. The number of aryl methyl sites for hydroxylation is 3. The van der Waals surface area contributed by atoms with Crippen LogP contribution >= 0.6 is 0 Å². The van der Waals surface area contributed by atoms with E-state index in [1.54, 1.807) is 0 Å². The van der Waals surface area contributed by atoms with Crippen molar-refractivity contribution in [3.63, 3.8) is 0 Å². The highest BCUT2D eigenvalue weighted by atomic mass is 19.4. The molecule has 2 aliphatic heterocycles. The second-order valence-electron chi connectivity index (χ2n) is 15.1. The predicted octanol–water partition coefficient (Wildman–Crippen LogP) is 7.10. The average Bonchev–Trinajstić information content (AvgIpc) is 3.61. The van der Waals surface area contributed by atoms with Crippen molar-refractivity contribution in [1.82, 2.24) is 14.8 Å². The second kappa shape index (κ2) is 15.1. The average molecular weight is 726 g/mol. The fourth-order valence-corrected chi connectivity index (χ4v) is 8.60. The van der Waals surface area contributed by atoms with E-state index < -0.39 is 47.7 Å². The van der Waals surface area contributed by atoms with E-state index in [1.165, 1.54) is 18.3 Å². The first kappa shape index (κ1) is 37.7. The van der Waals surface area contributed by atoms with Gasteiger partial charge in [0.15, 0.2) is 0 Å². The van der Waals surface area contributed by atoms with Gasteiger partial charge in [-0.1, -0.05) is 19.9 Å². The molecule has 2 saturated heterocycles. The number of alkyl halides is 3. The monoisotopic (exact) mass is 725 g/mol. The molecular formula is C40H47F4N3O5. The number of carboxylic acids is 1. The quantitative estimate of drug-likeness (QED) is 0.193. The van der Waals surface area contributed by atoms with Crippen LogP contribution in [0.5, 0.6) is 0 Å². The van der Waals surface area contributed by atoms with Crippen LogP contribution in [0.2, 0.25) is 0 Å². The number of aliphatic carboxylic acids is 1. The Kier molecular flexibility index (Phi) is 11.0. The van der Waals surface area contributed by atoms with Crippen molar-refractivity contribution in [2.75, 3.05) is 19.8 Å². The topological polar surface area (TPSA) is 101 Å². The molecule has 3 aromatic rings. The van der Waals surface area contributed by atoms with Crippen LogP contribution in [-0.4, -0.2) is 58.3 Å². The first-order valence-electron chi connectivity index (χ1n) is 18.2. The summed E-state index contributed by atoms with van der Waals surface area (Å²) < 4.78 is 64.0. The van der Waals surface area contributed by atoms with Crippen molar-refractivity contribution >= 4 is 11.9 Å². The number of carboxylic acid groups (broad SMARTS) is 1. The van der Waals surface area contributed by atoms with Gasteiger partial charge in [-0.2, -0.15) is 13.2 Å². The Bertz CT molecular complexity index is 1870. The third-order valence-electron chi connectivity index (χ3n) is 10.9. The number of amides is 1. The van der Waals surface area contributed by atoms with E-state index in [9.17, 15) is 37.1 Å². The Morgan fingerprint density at radius 3 is 2.31 bits per heavy atom. The van der Waals surface area contributed by atoms with Crippen molar-refractivity contribution < 1.29 is 37.0 Å². The minimum absolute atomic E-state index is 0.0277. The summed E-state index contributed by atoms with van der Waals surface area (Å²) in [4.78, 5) is 42.2. The van der Waals surface area contributed by atoms with E-state index in [0.717, 1.165) is 70.1 Å². The molecule has 12 heteroatoms. The van der Waals surface area contributed by atoms with Crippen molar-refractivity contribution in [1.29, 1.82) is 0 Å². The molecule has 4 atom stereocenters. The molecule has 8 nitrogen and oxygen atoms in total. The third-order valence-corrected chi connectivity index (χ3v) is 10.9. The van der Waals surface area contributed by atoms with Gasteiger partial charge in [-0.25, -0.2) is 4.39 Å². The number of hydrogen-bond acceptors (Lipinski definition) is 5. The molecule has 3 heterocycles. The number of morpholine rings is 1. The molecule has 2 aromatic carbocycles. The summed E-state index contributed by atoms with van der Waals surface area (Å²) in [7, 11) is 0. The molecule has 1 aliphatic carbocycles. The van der Waals surface area contributed by atoms with Gasteiger partial charge in [0.2, 0.25) is 5.91 Å². The molecule has 1 amide bonds. The standard InChI is InChI=1S/C40H47F4N3O5/c1-22(2)12-35(47-19-26(33(17-36(47)48)40(42,43)44)10-11-46-29-8-9-30(46)21-52-20-29)39(51)45-34(18-37(49)50)27-15-25-6-5-7-31(25)32(16-27)38-23(3)13-28(41)14-24(38)4/h13-17,19,22,29-30,34-35H,5-12,18,20-21H2,1-4H3,(H,45,51)(H,49,50)/t29-,30?,34+,35-/m0/s1. The maximum atomic E-state index is 14.3. The van der Waals surface area contributed by atoms with Crippen LogP contribution in [0.4, 0.5) is 17.6 Å². The summed E-state index contributed by atoms with van der Waals surface area (Å²) in [5.41, 5.74) is 3.82. The van der Waals surface area contributed by atoms with E-state index in [-0.39, 0.29) is 42.2 Å². The van der Waals surface area contributed by atoms with Crippen LogP contribution in [0.15, 0.2) is 41.3 Å². The van der Waals surface area contributed by atoms with Crippen LogP contribution in [-0.2, 0) is 39.8 Å². The first-order valence-corrected chi connectivity index (χ1v) is 18.2. The highest BCUT2D eigenvalue weighted by Gasteiger charge is 2.39. The number of fused-ring (bicyclic) bond motifs is 3. The number of aromatic nitrogens is 1. The van der Waals surface area contributed by atoms with Crippen molar-refractivity contribution in [3.05, 3.63) is 91.6 Å². The maximum absolute atomic E-state index is 14.3. The predicted molar refractivity (Wildman–Crippen MR) is 189 cm³/mol. The molecule has 2 N–H and O–H groups in total. The number of carbonyl (C=O) groups is 2. The van der Waals surface area contributed by atoms with E-state index in [1.807, 2.05) is 39.8 Å². The lowest BCUT2D eigenvalue weighted by molar-refractivity contribution is -0.139. The summed E-state index contributed by atoms with van der Waals surface area (Å²) in [5, 5.41) is 12.9. The van der Waals surface area contributed by atoms with E-state index in [0.29, 0.717) is 31.4 Å². The number of rotatable bonds is 12. The van der Waals surface area contributed by atoms with Gasteiger partial charge in [-0.15, -0.1) is 0 Å². The molecule has 2 fully saturated rings. The Balaban J connectivity index is 1.36. The van der Waals surface area contributed by atoms with Gasteiger partial charge in [-0.05, 0) is 127 Å². The number of nitrogens with zero attached hydrogens (tertiary/aromatic N) is 2. The Morgan fingerprint density at radius 2 is 1.69 bits per heavy atom. The van der Waals surface area contributed by atoms with Crippen molar-refractivity contribution in [2.45, 2.75) is 109 Å². The first-order chi connectivity index (χ1) is 24.6. The fraction of sp³-hybridized carbons (Fsp3) is 0.525. The maximum Gasteiger partial charge on any atom is 0.416 e. The lowest BCUT2D eigenvalue weighted by Gasteiger charge is -2.34. The Morgan fingerprint density at radius 1 is 1.02 bits per heavy atom. The highest BCUT2D eigenvalue weighted by Crippen LogP contribution is 2.40. The number of nitrogens with one attached hydrogen (secondary N) is 1. The van der Waals surface area contributed by atoms with Crippen LogP contribution < -0.4 is 10.9 Å². The molecule has 52 heavy (non-hydrogen) atoms. The highest BCUT2D eigenvalue weighted by molar-refractivity contribution is 5.82. The van der Waals surface area contributed by atoms with Gasteiger partial charge in [0.25, 0.3) is 5.56 Å². The number of halogens is 4. The molecule has 0 saturated carbocycles. The molecule has 0 spiro atoms. The van der Waals surface area contributed by atoms with Gasteiger partial charge in [0.1, 0.15) is 11.9 Å². The molecule has 2 bridgehead atoms. The summed E-state index contributed by atoms with van der Waals surface area (Å²) in [6, 6.07) is 5.36. The molecule has 0 radical (unpaired) electrons. The number of hydrogen-bond donors (Lipinski definition) is 2. The van der Waals surface area contributed by atoms with Crippen LogP contribution in [0.25, 0.3) is 11.1 Å². The normalized spacial score (nSPS) is 19.9. The van der Waals surface area contributed by atoms with E-state index >= 15 is 0 Å². The molecule has 1 unspecified atom stereocenters. The van der Waals surface area contributed by atoms with Crippen molar-refractivity contribution in [2.24, 2.45) is 5.92 Å². The number of carbonyl (C=O) groups excluding carboxylic acids is 1. The zero-order valence-corrected chi connectivity index (χ0v) is 30.1. The molecular weight excluding hydrogens is 678 g/mol. The van der Waals surface area contributed by atoms with Crippen molar-refractivity contribution in [3.8, 4) is 11.1 Å². The lowest BCUT2D eigenvalue weighted by Crippen LogP contribution is -2.46. The van der Waals surface area contributed by atoms with E-state index in [2.05, 4.69) is 10.2 Å².